The maximum absolute atomic E-state index is 12.8. The van der Waals surface area contributed by atoms with Gasteiger partial charge in [0.1, 0.15) is 5.60 Å². The molecule has 4 heteroatoms. The van der Waals surface area contributed by atoms with Crippen molar-refractivity contribution >= 4 is 0 Å². The molecule has 0 bridgehead atoms. The molecular weight excluding hydrogens is 164 g/mol. The molecule has 0 amide bonds. The van der Waals surface area contributed by atoms with E-state index in [-0.39, 0.29) is 12.8 Å². The molecule has 1 heterocycles. The van der Waals surface area contributed by atoms with Gasteiger partial charge in [-0.25, -0.2) is 8.78 Å². The highest BCUT2D eigenvalue weighted by atomic mass is 19.3. The monoisotopic (exact) mass is 179 g/mol. The molecule has 0 saturated carbocycles. The molecule has 2 nitrogen and oxygen atoms in total. The highest BCUT2D eigenvalue weighted by Crippen LogP contribution is 2.34. The van der Waals surface area contributed by atoms with E-state index in [9.17, 15) is 13.9 Å². The lowest BCUT2D eigenvalue weighted by atomic mass is 9.86. The lowest BCUT2D eigenvalue weighted by Gasteiger charge is -2.40. The number of alkyl halides is 2. The molecule has 12 heavy (non-hydrogen) atoms. The van der Waals surface area contributed by atoms with Crippen molar-refractivity contribution in [3.8, 4) is 0 Å². The lowest BCUT2D eigenvalue weighted by Crippen LogP contribution is -3.09. The fraction of sp³-hybridized carbons (Fsp3) is 0.875. The van der Waals surface area contributed by atoms with Crippen LogP contribution in [-0.4, -0.2) is 29.7 Å². The van der Waals surface area contributed by atoms with Crippen LogP contribution in [0.15, 0.2) is 0 Å². The molecule has 0 aliphatic carbocycles. The van der Waals surface area contributed by atoms with Gasteiger partial charge in [0.15, 0.2) is 0 Å². The van der Waals surface area contributed by atoms with Crippen LogP contribution < -0.4 is 4.90 Å². The summed E-state index contributed by atoms with van der Waals surface area (Å²) in [4.78, 5) is 0.962. The number of piperidine rings is 1. The highest BCUT2D eigenvalue weighted by molar-refractivity contribution is 4.91. The number of hydrogen-bond donors (Lipinski definition) is 2. The minimum absolute atomic E-state index is 0.134. The maximum atomic E-state index is 12.8. The molecule has 0 radical (unpaired) electrons. The molecule has 2 N–H and O–H groups in total. The third kappa shape index (κ3) is 1.75. The molecule has 72 valence electrons. The third-order valence-corrected chi connectivity index (χ3v) is 2.60. The molecule has 1 aliphatic rings. The van der Waals surface area contributed by atoms with E-state index in [4.69, 9.17) is 0 Å². The van der Waals surface area contributed by atoms with Crippen molar-refractivity contribution in [1.29, 1.82) is 0 Å². The molecule has 1 saturated heterocycles. The van der Waals surface area contributed by atoms with Crippen molar-refractivity contribution < 1.29 is 18.8 Å². The van der Waals surface area contributed by atoms with Crippen molar-refractivity contribution in [1.82, 2.24) is 0 Å². The summed E-state index contributed by atoms with van der Waals surface area (Å²) in [5.41, 5.74) is -1.80. The van der Waals surface area contributed by atoms with Crippen molar-refractivity contribution in [2.75, 3.05) is 13.1 Å². The van der Waals surface area contributed by atoms with Crippen LogP contribution in [0, 0.1) is 7.05 Å². The largest absolute Gasteiger partial charge is 0.468 e. The average molecular weight is 179 g/mol. The van der Waals surface area contributed by atoms with Gasteiger partial charge in [-0.3, -0.25) is 0 Å². The molecule has 0 unspecified atom stereocenters. The van der Waals surface area contributed by atoms with Crippen LogP contribution >= 0.6 is 0 Å². The number of aliphatic hydroxyl groups is 1. The number of quaternary nitrogens is 1. The van der Waals surface area contributed by atoms with Gasteiger partial charge in [0.05, 0.1) is 13.1 Å². The Morgan fingerprint density at radius 2 is 1.83 bits per heavy atom. The second-order valence-electron chi connectivity index (χ2n) is 3.67. The SMILES string of the molecule is [CH2-][NH+]1CCC(O)(C(C)(F)F)CC1. The Balaban J connectivity index is 2.62. The highest BCUT2D eigenvalue weighted by Gasteiger charge is 2.50. The quantitative estimate of drug-likeness (QED) is 0.537. The standard InChI is InChI=1S/C8H15F2NO/c1-7(9,10)8(12)3-5-11(2)6-4-8/h11-12H,2-6H2,1H3. The smallest absolute Gasteiger partial charge is 0.273 e. The fourth-order valence-corrected chi connectivity index (χ4v) is 1.46. The van der Waals surface area contributed by atoms with Gasteiger partial charge in [-0.05, 0) is 0 Å². The Hall–Kier alpha value is -0.220. The molecule has 0 atom stereocenters. The Morgan fingerprint density at radius 3 is 2.17 bits per heavy atom. The van der Waals surface area contributed by atoms with Gasteiger partial charge in [0.25, 0.3) is 5.92 Å². The lowest BCUT2D eigenvalue weighted by molar-refractivity contribution is -0.862. The van der Waals surface area contributed by atoms with Crippen LogP contribution in [0.1, 0.15) is 19.8 Å². The summed E-state index contributed by atoms with van der Waals surface area (Å²) >= 11 is 0. The van der Waals surface area contributed by atoms with Crippen LogP contribution in [0.4, 0.5) is 8.78 Å². The first-order chi connectivity index (χ1) is 5.35. The number of halogens is 2. The predicted octanol–water partition coefficient (Wildman–Crippen LogP) is -0.157. The zero-order valence-corrected chi connectivity index (χ0v) is 7.24. The first kappa shape index (κ1) is 9.86. The average Bonchev–Trinajstić information content (AvgIpc) is 1.93. The summed E-state index contributed by atoms with van der Waals surface area (Å²) in [7, 11) is 3.71. The van der Waals surface area contributed by atoms with Gasteiger partial charge in [-0.15, -0.1) is 0 Å². The van der Waals surface area contributed by atoms with E-state index in [1.54, 1.807) is 0 Å². The summed E-state index contributed by atoms with van der Waals surface area (Å²) in [5.74, 6) is -2.99. The van der Waals surface area contributed by atoms with Gasteiger partial charge in [-0.1, -0.05) is 0 Å². The predicted molar refractivity (Wildman–Crippen MR) is 40.9 cm³/mol. The van der Waals surface area contributed by atoms with E-state index in [2.05, 4.69) is 7.05 Å². The van der Waals surface area contributed by atoms with Gasteiger partial charge in [0, 0.05) is 19.8 Å². The first-order valence-corrected chi connectivity index (χ1v) is 4.12. The zero-order chi connectivity index (χ0) is 9.41. The van der Waals surface area contributed by atoms with Crippen molar-refractivity contribution in [3.63, 3.8) is 0 Å². The van der Waals surface area contributed by atoms with Gasteiger partial charge in [0.2, 0.25) is 0 Å². The van der Waals surface area contributed by atoms with Crippen LogP contribution in [0.25, 0.3) is 0 Å². The van der Waals surface area contributed by atoms with E-state index in [0.29, 0.717) is 13.1 Å². The topological polar surface area (TPSA) is 24.7 Å². The summed E-state index contributed by atoms with van der Waals surface area (Å²) in [6, 6.07) is 0. The Morgan fingerprint density at radius 1 is 1.42 bits per heavy atom. The summed E-state index contributed by atoms with van der Waals surface area (Å²) in [6.07, 6.45) is 0.269. The summed E-state index contributed by atoms with van der Waals surface area (Å²) in [5, 5.41) is 9.53. The van der Waals surface area contributed by atoms with Gasteiger partial charge < -0.3 is 10.0 Å². The summed E-state index contributed by atoms with van der Waals surface area (Å²) in [6.45, 7) is 1.81. The van der Waals surface area contributed by atoms with Crippen LogP contribution in [0.2, 0.25) is 0 Å². The second-order valence-corrected chi connectivity index (χ2v) is 3.67. The molecular formula is C8H15F2NO. The second kappa shape index (κ2) is 2.92. The van der Waals surface area contributed by atoms with E-state index in [0.717, 1.165) is 11.8 Å². The van der Waals surface area contributed by atoms with E-state index >= 15 is 0 Å². The molecule has 0 aromatic carbocycles. The summed E-state index contributed by atoms with van der Waals surface area (Å²) < 4.78 is 25.7. The van der Waals surface area contributed by atoms with Crippen molar-refractivity contribution in [2.45, 2.75) is 31.3 Å². The van der Waals surface area contributed by atoms with E-state index in [1.807, 2.05) is 0 Å². The normalized spacial score (nSPS) is 38.2. The zero-order valence-electron chi connectivity index (χ0n) is 7.24. The molecule has 0 aromatic rings. The van der Waals surface area contributed by atoms with Gasteiger partial charge in [-0.2, -0.15) is 7.05 Å². The molecule has 1 fully saturated rings. The van der Waals surface area contributed by atoms with Crippen LogP contribution in [0.3, 0.4) is 0 Å². The van der Waals surface area contributed by atoms with E-state index in [1.165, 1.54) is 0 Å². The number of nitrogens with one attached hydrogen (secondary N) is 1. The fourth-order valence-electron chi connectivity index (χ4n) is 1.46. The van der Waals surface area contributed by atoms with Crippen LogP contribution in [0.5, 0.6) is 0 Å². The Labute approximate surface area is 71.2 Å². The van der Waals surface area contributed by atoms with E-state index < -0.39 is 11.5 Å². The number of rotatable bonds is 1. The van der Waals surface area contributed by atoms with Gasteiger partial charge >= 0.3 is 0 Å². The Kier molecular flexibility index (Phi) is 2.40. The minimum Gasteiger partial charge on any atom is -0.468 e. The molecule has 1 rings (SSSR count). The number of likely N-dealkylation sites (tertiary alicyclic amines) is 1. The minimum atomic E-state index is -2.99. The Bertz CT molecular complexity index is 159. The number of hydrogen-bond acceptors (Lipinski definition) is 1. The molecule has 0 aromatic heterocycles. The third-order valence-electron chi connectivity index (χ3n) is 2.60. The molecule has 0 spiro atoms. The maximum Gasteiger partial charge on any atom is 0.273 e. The molecule has 1 aliphatic heterocycles. The first-order valence-electron chi connectivity index (χ1n) is 4.12. The van der Waals surface area contributed by atoms with Crippen molar-refractivity contribution in [3.05, 3.63) is 7.05 Å². The van der Waals surface area contributed by atoms with Crippen LogP contribution in [-0.2, 0) is 0 Å². The van der Waals surface area contributed by atoms with Crippen molar-refractivity contribution in [2.24, 2.45) is 0 Å².